The maximum absolute atomic E-state index is 10.6. The summed E-state index contributed by atoms with van der Waals surface area (Å²) in [5.41, 5.74) is 0. The van der Waals surface area contributed by atoms with Crippen LogP contribution < -0.4 is 0 Å². The quantitative estimate of drug-likeness (QED) is 0.675. The molecule has 3 nitrogen and oxygen atoms in total. The molecule has 0 aromatic carbocycles. The van der Waals surface area contributed by atoms with Gasteiger partial charge in [-0.2, -0.15) is 0 Å². The summed E-state index contributed by atoms with van der Waals surface area (Å²) in [5.74, 6) is 0.664. The van der Waals surface area contributed by atoms with Crippen LogP contribution in [0, 0.1) is 5.92 Å². The van der Waals surface area contributed by atoms with E-state index in [2.05, 4.69) is 0 Å². The largest absolute Gasteiger partial charge is 0.465 e. The van der Waals surface area contributed by atoms with E-state index in [9.17, 15) is 4.79 Å². The van der Waals surface area contributed by atoms with Crippen LogP contribution in [0.15, 0.2) is 0 Å². The molecule has 0 atom stereocenters. The van der Waals surface area contributed by atoms with Crippen molar-refractivity contribution in [2.75, 3.05) is 13.1 Å². The van der Waals surface area contributed by atoms with Crippen molar-refractivity contribution in [1.29, 1.82) is 0 Å². The Morgan fingerprint density at radius 2 is 2.27 bits per heavy atom. The number of rotatable bonds is 4. The molecule has 1 aliphatic rings. The SMILES string of the molecule is CCCN(CC1CC1)C(=O)O. The van der Waals surface area contributed by atoms with Crippen LogP contribution in [0.5, 0.6) is 0 Å². The van der Waals surface area contributed by atoms with Gasteiger partial charge in [-0.05, 0) is 25.2 Å². The number of carbonyl (C=O) groups is 1. The van der Waals surface area contributed by atoms with E-state index in [4.69, 9.17) is 5.11 Å². The van der Waals surface area contributed by atoms with Gasteiger partial charge in [0.25, 0.3) is 0 Å². The first kappa shape index (κ1) is 8.37. The third-order valence-electron chi connectivity index (χ3n) is 1.94. The van der Waals surface area contributed by atoms with Crippen LogP contribution in [-0.4, -0.2) is 29.2 Å². The normalized spacial score (nSPS) is 16.5. The molecule has 1 fully saturated rings. The highest BCUT2D eigenvalue weighted by Crippen LogP contribution is 2.29. The Morgan fingerprint density at radius 1 is 1.64 bits per heavy atom. The summed E-state index contributed by atoms with van der Waals surface area (Å²) in [6.07, 6.45) is 2.58. The number of hydrogen-bond donors (Lipinski definition) is 1. The van der Waals surface area contributed by atoms with Crippen LogP contribution in [0.4, 0.5) is 4.79 Å². The maximum atomic E-state index is 10.6. The summed E-state index contributed by atoms with van der Waals surface area (Å²) in [4.78, 5) is 12.1. The van der Waals surface area contributed by atoms with Crippen molar-refractivity contribution in [2.24, 2.45) is 5.92 Å². The third kappa shape index (κ3) is 2.78. The van der Waals surface area contributed by atoms with E-state index in [1.807, 2.05) is 6.92 Å². The molecule has 0 heterocycles. The Kier molecular flexibility index (Phi) is 2.74. The summed E-state index contributed by atoms with van der Waals surface area (Å²) >= 11 is 0. The lowest BCUT2D eigenvalue weighted by Crippen LogP contribution is -2.32. The van der Waals surface area contributed by atoms with Crippen molar-refractivity contribution in [3.05, 3.63) is 0 Å². The molecule has 0 aromatic rings. The van der Waals surface area contributed by atoms with E-state index in [-0.39, 0.29) is 0 Å². The summed E-state index contributed by atoms with van der Waals surface area (Å²) in [7, 11) is 0. The molecule has 1 saturated carbocycles. The Bertz CT molecular complexity index is 143. The zero-order valence-electron chi connectivity index (χ0n) is 6.92. The van der Waals surface area contributed by atoms with E-state index in [1.54, 1.807) is 0 Å². The van der Waals surface area contributed by atoms with Gasteiger partial charge in [-0.1, -0.05) is 6.92 Å². The van der Waals surface area contributed by atoms with Crippen LogP contribution >= 0.6 is 0 Å². The zero-order chi connectivity index (χ0) is 8.27. The van der Waals surface area contributed by atoms with E-state index < -0.39 is 6.09 Å². The molecule has 1 aliphatic carbocycles. The maximum Gasteiger partial charge on any atom is 0.407 e. The van der Waals surface area contributed by atoms with Gasteiger partial charge in [-0.15, -0.1) is 0 Å². The highest BCUT2D eigenvalue weighted by molar-refractivity contribution is 5.64. The van der Waals surface area contributed by atoms with Gasteiger partial charge in [0, 0.05) is 13.1 Å². The molecule has 0 aliphatic heterocycles. The first-order valence-corrected chi connectivity index (χ1v) is 4.22. The fraction of sp³-hybridized carbons (Fsp3) is 0.875. The first-order valence-electron chi connectivity index (χ1n) is 4.22. The van der Waals surface area contributed by atoms with Crippen molar-refractivity contribution in [3.63, 3.8) is 0 Å². The molecule has 64 valence electrons. The van der Waals surface area contributed by atoms with Crippen molar-refractivity contribution in [3.8, 4) is 0 Å². The molecule has 0 saturated heterocycles. The van der Waals surface area contributed by atoms with Crippen molar-refractivity contribution >= 4 is 6.09 Å². The first-order chi connectivity index (χ1) is 5.24. The highest BCUT2D eigenvalue weighted by Gasteiger charge is 2.25. The average Bonchev–Trinajstić information content (AvgIpc) is 2.70. The summed E-state index contributed by atoms with van der Waals surface area (Å²) in [6, 6.07) is 0. The number of carboxylic acid groups (broad SMARTS) is 1. The van der Waals surface area contributed by atoms with Gasteiger partial charge in [0.1, 0.15) is 0 Å². The van der Waals surface area contributed by atoms with E-state index >= 15 is 0 Å². The molecule has 0 aromatic heterocycles. The molecule has 3 heteroatoms. The summed E-state index contributed by atoms with van der Waals surface area (Å²) in [6.45, 7) is 3.44. The Morgan fingerprint density at radius 3 is 2.64 bits per heavy atom. The second-order valence-electron chi connectivity index (χ2n) is 3.17. The van der Waals surface area contributed by atoms with Gasteiger partial charge in [0.2, 0.25) is 0 Å². The van der Waals surface area contributed by atoms with Crippen LogP contribution in [0.3, 0.4) is 0 Å². The minimum absolute atomic E-state index is 0.664. The molecule has 1 N–H and O–H groups in total. The Labute approximate surface area is 67.0 Å². The second kappa shape index (κ2) is 3.60. The van der Waals surface area contributed by atoms with E-state index in [0.29, 0.717) is 12.5 Å². The minimum Gasteiger partial charge on any atom is -0.465 e. The summed E-state index contributed by atoms with van der Waals surface area (Å²) < 4.78 is 0. The number of nitrogens with zero attached hydrogens (tertiary/aromatic N) is 1. The van der Waals surface area contributed by atoms with Crippen LogP contribution in [0.25, 0.3) is 0 Å². The topological polar surface area (TPSA) is 40.5 Å². The number of hydrogen-bond acceptors (Lipinski definition) is 1. The smallest absolute Gasteiger partial charge is 0.407 e. The molecule has 1 amide bonds. The lowest BCUT2D eigenvalue weighted by molar-refractivity contribution is 0.143. The zero-order valence-corrected chi connectivity index (χ0v) is 6.92. The van der Waals surface area contributed by atoms with Gasteiger partial charge in [-0.3, -0.25) is 0 Å². The predicted molar refractivity (Wildman–Crippen MR) is 42.6 cm³/mol. The predicted octanol–water partition coefficient (Wildman–Crippen LogP) is 1.79. The fourth-order valence-corrected chi connectivity index (χ4v) is 1.15. The molecule has 0 bridgehead atoms. The lowest BCUT2D eigenvalue weighted by atomic mass is 10.3. The molecule has 0 radical (unpaired) electrons. The molecule has 0 unspecified atom stereocenters. The monoisotopic (exact) mass is 157 g/mol. The second-order valence-corrected chi connectivity index (χ2v) is 3.17. The van der Waals surface area contributed by atoms with Crippen molar-refractivity contribution in [2.45, 2.75) is 26.2 Å². The van der Waals surface area contributed by atoms with Crippen molar-refractivity contribution < 1.29 is 9.90 Å². The van der Waals surface area contributed by atoms with Gasteiger partial charge < -0.3 is 10.0 Å². The molecular weight excluding hydrogens is 142 g/mol. The van der Waals surface area contributed by atoms with Crippen LogP contribution in [0.2, 0.25) is 0 Å². The summed E-state index contributed by atoms with van der Waals surface area (Å²) in [5, 5.41) is 8.71. The molecule has 0 spiro atoms. The fourth-order valence-electron chi connectivity index (χ4n) is 1.15. The Hall–Kier alpha value is -0.730. The lowest BCUT2D eigenvalue weighted by Gasteiger charge is -2.17. The van der Waals surface area contributed by atoms with Gasteiger partial charge >= 0.3 is 6.09 Å². The number of amides is 1. The average molecular weight is 157 g/mol. The van der Waals surface area contributed by atoms with Crippen molar-refractivity contribution in [1.82, 2.24) is 4.90 Å². The standard InChI is InChI=1S/C8H15NO2/c1-2-5-9(8(10)11)6-7-3-4-7/h7H,2-6H2,1H3,(H,10,11). The van der Waals surface area contributed by atoms with Crippen LogP contribution in [-0.2, 0) is 0 Å². The van der Waals surface area contributed by atoms with Gasteiger partial charge in [0.05, 0.1) is 0 Å². The Balaban J connectivity index is 2.24. The molecule has 1 rings (SSSR count). The van der Waals surface area contributed by atoms with Crippen LogP contribution in [0.1, 0.15) is 26.2 Å². The molecule has 11 heavy (non-hydrogen) atoms. The van der Waals surface area contributed by atoms with Gasteiger partial charge in [-0.25, -0.2) is 4.79 Å². The van der Waals surface area contributed by atoms with E-state index in [1.165, 1.54) is 17.7 Å². The molecular formula is C8H15NO2. The highest BCUT2D eigenvalue weighted by atomic mass is 16.4. The third-order valence-corrected chi connectivity index (χ3v) is 1.94. The minimum atomic E-state index is -0.765. The van der Waals surface area contributed by atoms with Gasteiger partial charge in [0.15, 0.2) is 0 Å². The van der Waals surface area contributed by atoms with E-state index in [0.717, 1.165) is 13.0 Å².